The van der Waals surface area contributed by atoms with E-state index in [1.165, 1.54) is 28.7 Å². The van der Waals surface area contributed by atoms with E-state index in [9.17, 15) is 0 Å². The molecule has 1 aliphatic rings. The van der Waals surface area contributed by atoms with Crippen molar-refractivity contribution in [3.05, 3.63) is 16.3 Å². The van der Waals surface area contributed by atoms with Crippen LogP contribution in [0, 0.1) is 5.92 Å². The summed E-state index contributed by atoms with van der Waals surface area (Å²) in [6.07, 6.45) is 5.65. The van der Waals surface area contributed by atoms with E-state index < -0.39 is 0 Å². The van der Waals surface area contributed by atoms with E-state index in [1.54, 1.807) is 11.8 Å². The first-order valence-electron chi connectivity index (χ1n) is 7.83. The zero-order chi connectivity index (χ0) is 15.4. The lowest BCUT2D eigenvalue weighted by Gasteiger charge is -2.17. The van der Waals surface area contributed by atoms with Crippen molar-refractivity contribution < 1.29 is 0 Å². The van der Waals surface area contributed by atoms with Gasteiger partial charge in [-0.2, -0.15) is 0 Å². The molecule has 0 fully saturated rings. The molecular formula is C16H20N4S2. The number of hydrogen-bond acceptors (Lipinski definition) is 5. The van der Waals surface area contributed by atoms with Crippen molar-refractivity contribution in [2.24, 2.45) is 5.92 Å². The zero-order valence-electron chi connectivity index (χ0n) is 13.4. The quantitative estimate of drug-likeness (QED) is 0.656. The fraction of sp³-hybridized carbons (Fsp3) is 0.562. The van der Waals surface area contributed by atoms with Crippen molar-refractivity contribution in [2.45, 2.75) is 51.1 Å². The van der Waals surface area contributed by atoms with Crippen LogP contribution in [-0.4, -0.2) is 25.8 Å². The third-order valence-corrected chi connectivity index (χ3v) is 6.27. The number of nitrogens with zero attached hydrogens (tertiary/aromatic N) is 4. The maximum atomic E-state index is 5.00. The number of thiophene rings is 1. The summed E-state index contributed by atoms with van der Waals surface area (Å²) in [4.78, 5) is 7.66. The predicted molar refractivity (Wildman–Crippen MR) is 93.2 cm³/mol. The fourth-order valence-electron chi connectivity index (χ4n) is 3.36. The molecule has 0 unspecified atom stereocenters. The zero-order valence-corrected chi connectivity index (χ0v) is 15.0. The van der Waals surface area contributed by atoms with E-state index in [-0.39, 0.29) is 0 Å². The molecule has 0 spiro atoms. The van der Waals surface area contributed by atoms with Crippen LogP contribution in [0.25, 0.3) is 15.9 Å². The van der Waals surface area contributed by atoms with E-state index in [2.05, 4.69) is 41.6 Å². The first-order valence-corrected chi connectivity index (χ1v) is 9.87. The molecule has 6 heteroatoms. The molecule has 0 radical (unpaired) electrons. The van der Waals surface area contributed by atoms with Gasteiger partial charge < -0.3 is 0 Å². The van der Waals surface area contributed by atoms with Gasteiger partial charge in [-0.1, -0.05) is 32.5 Å². The molecular weight excluding hydrogens is 312 g/mol. The van der Waals surface area contributed by atoms with Gasteiger partial charge in [0.2, 0.25) is 0 Å². The van der Waals surface area contributed by atoms with E-state index >= 15 is 0 Å². The molecule has 0 aromatic carbocycles. The van der Waals surface area contributed by atoms with Gasteiger partial charge in [-0.05, 0) is 37.0 Å². The molecule has 0 aliphatic heterocycles. The summed E-state index contributed by atoms with van der Waals surface area (Å²) in [6.45, 7) is 6.72. The second kappa shape index (κ2) is 5.20. The molecule has 22 heavy (non-hydrogen) atoms. The van der Waals surface area contributed by atoms with Crippen LogP contribution in [-0.2, 0) is 12.8 Å². The van der Waals surface area contributed by atoms with Crippen molar-refractivity contribution in [1.29, 1.82) is 0 Å². The smallest absolute Gasteiger partial charge is 0.196 e. The Balaban J connectivity index is 2.11. The highest BCUT2D eigenvalue weighted by atomic mass is 32.2. The Morgan fingerprint density at radius 2 is 2.14 bits per heavy atom. The molecule has 1 atom stereocenters. The molecule has 4 nitrogen and oxygen atoms in total. The van der Waals surface area contributed by atoms with Gasteiger partial charge in [0, 0.05) is 10.8 Å². The Bertz CT molecular complexity index is 862. The number of aromatic nitrogens is 4. The lowest BCUT2D eigenvalue weighted by atomic mass is 9.89. The third kappa shape index (κ3) is 2.00. The SMILES string of the molecule is CSc1nnc2c3c4c(sc3nc(C(C)C)n12)C[C@H](C)CC4. The molecule has 116 valence electrons. The van der Waals surface area contributed by atoms with E-state index in [0.29, 0.717) is 5.92 Å². The number of hydrogen-bond donors (Lipinski definition) is 0. The highest BCUT2D eigenvalue weighted by Crippen LogP contribution is 2.40. The maximum absolute atomic E-state index is 5.00. The van der Waals surface area contributed by atoms with Crippen molar-refractivity contribution in [1.82, 2.24) is 19.6 Å². The van der Waals surface area contributed by atoms with Crippen molar-refractivity contribution in [3.63, 3.8) is 0 Å². The first kappa shape index (κ1) is 14.5. The monoisotopic (exact) mass is 332 g/mol. The number of rotatable bonds is 2. The van der Waals surface area contributed by atoms with E-state index in [1.807, 2.05) is 11.3 Å². The Morgan fingerprint density at radius 3 is 2.86 bits per heavy atom. The topological polar surface area (TPSA) is 43.1 Å². The summed E-state index contributed by atoms with van der Waals surface area (Å²) in [7, 11) is 0. The molecule has 3 heterocycles. The van der Waals surface area contributed by atoms with Crippen molar-refractivity contribution >= 4 is 39.0 Å². The molecule has 3 aromatic heterocycles. The maximum Gasteiger partial charge on any atom is 0.196 e. The molecule has 0 saturated heterocycles. The second-order valence-corrected chi connectivity index (χ2v) is 8.36. The Hall–Kier alpha value is -1.14. The highest BCUT2D eigenvalue weighted by molar-refractivity contribution is 7.98. The summed E-state index contributed by atoms with van der Waals surface area (Å²) < 4.78 is 2.17. The van der Waals surface area contributed by atoms with Gasteiger partial charge >= 0.3 is 0 Å². The normalized spacial score (nSPS) is 18.5. The summed E-state index contributed by atoms with van der Waals surface area (Å²) in [5.41, 5.74) is 2.48. The Morgan fingerprint density at radius 1 is 1.32 bits per heavy atom. The van der Waals surface area contributed by atoms with Crippen LogP contribution in [0.1, 0.15) is 49.4 Å². The number of fused-ring (bicyclic) bond motifs is 5. The van der Waals surface area contributed by atoms with Gasteiger partial charge in [0.15, 0.2) is 10.8 Å². The highest BCUT2D eigenvalue weighted by Gasteiger charge is 2.25. The van der Waals surface area contributed by atoms with Gasteiger partial charge in [-0.25, -0.2) is 4.98 Å². The fourth-order valence-corrected chi connectivity index (χ4v) is 5.23. The largest absolute Gasteiger partial charge is 0.257 e. The predicted octanol–water partition coefficient (Wildman–Crippen LogP) is 4.31. The molecule has 0 N–H and O–H groups in total. The van der Waals surface area contributed by atoms with E-state index in [4.69, 9.17) is 4.98 Å². The summed E-state index contributed by atoms with van der Waals surface area (Å²) in [5, 5.41) is 11.1. The minimum atomic E-state index is 0.354. The van der Waals surface area contributed by atoms with Crippen LogP contribution in [0.3, 0.4) is 0 Å². The summed E-state index contributed by atoms with van der Waals surface area (Å²) in [6, 6.07) is 0. The van der Waals surface area contributed by atoms with Gasteiger partial charge in [0.05, 0.1) is 5.39 Å². The second-order valence-electron chi connectivity index (χ2n) is 6.50. The standard InChI is InChI=1S/C16H20N4S2/c1-8(2)13-17-15-12(14-18-19-16(21-4)20(13)14)10-6-5-9(3)7-11(10)22-15/h8-9H,5-7H2,1-4H3/t9-/m1/s1. The minimum Gasteiger partial charge on any atom is -0.257 e. The number of thioether (sulfide) groups is 1. The molecule has 0 bridgehead atoms. The molecule has 4 rings (SSSR count). The van der Waals surface area contributed by atoms with Gasteiger partial charge in [-0.3, -0.25) is 4.40 Å². The lowest BCUT2D eigenvalue weighted by molar-refractivity contribution is 0.509. The van der Waals surface area contributed by atoms with Gasteiger partial charge in [0.25, 0.3) is 0 Å². The third-order valence-electron chi connectivity index (χ3n) is 4.49. The van der Waals surface area contributed by atoms with Crippen LogP contribution in [0.4, 0.5) is 0 Å². The Labute approximate surface area is 138 Å². The van der Waals surface area contributed by atoms with Crippen LogP contribution in [0.5, 0.6) is 0 Å². The molecule has 1 aliphatic carbocycles. The molecule has 0 saturated carbocycles. The molecule has 0 amide bonds. The first-order chi connectivity index (χ1) is 10.6. The minimum absolute atomic E-state index is 0.354. The van der Waals surface area contributed by atoms with Crippen LogP contribution in [0.15, 0.2) is 5.16 Å². The Kier molecular flexibility index (Phi) is 3.42. The van der Waals surface area contributed by atoms with Crippen LogP contribution in [0.2, 0.25) is 0 Å². The van der Waals surface area contributed by atoms with Gasteiger partial charge in [0.1, 0.15) is 10.7 Å². The summed E-state index contributed by atoms with van der Waals surface area (Å²) in [5.74, 6) is 2.20. The average molecular weight is 332 g/mol. The lowest BCUT2D eigenvalue weighted by Crippen LogP contribution is -2.09. The molecule has 3 aromatic rings. The van der Waals surface area contributed by atoms with Crippen LogP contribution >= 0.6 is 23.1 Å². The average Bonchev–Trinajstić information content (AvgIpc) is 3.05. The number of aryl methyl sites for hydroxylation is 1. The van der Waals surface area contributed by atoms with Gasteiger partial charge in [-0.15, -0.1) is 21.5 Å². The van der Waals surface area contributed by atoms with E-state index in [0.717, 1.165) is 33.8 Å². The summed E-state index contributed by atoms with van der Waals surface area (Å²) >= 11 is 3.51. The van der Waals surface area contributed by atoms with Crippen molar-refractivity contribution in [3.8, 4) is 0 Å². The van der Waals surface area contributed by atoms with Crippen LogP contribution < -0.4 is 0 Å². The van der Waals surface area contributed by atoms with Crippen molar-refractivity contribution in [2.75, 3.05) is 6.26 Å².